The third-order valence-electron chi connectivity index (χ3n) is 0.805. The zero-order chi connectivity index (χ0) is 15.5. The molecule has 12 nitrogen and oxygen atoms in total. The molecule has 8 N–H and O–H groups in total. The van der Waals surface area contributed by atoms with Crippen molar-refractivity contribution in [3.05, 3.63) is 0 Å². The molecule has 2 atom stereocenters. The van der Waals surface area contributed by atoms with Crippen LogP contribution in [0.1, 0.15) is 0 Å². The third kappa shape index (κ3) is 24.4. The van der Waals surface area contributed by atoms with Crippen LogP contribution in [0.15, 0.2) is 0 Å². The van der Waals surface area contributed by atoms with Gasteiger partial charge in [-0.3, -0.25) is 9.13 Å². The molecule has 0 fully saturated rings. The van der Waals surface area contributed by atoms with Gasteiger partial charge >= 0.3 is 28.4 Å². The molecule has 0 aliphatic carbocycles. The monoisotopic (exact) mass is 314 g/mol. The molecule has 0 saturated carbocycles. The lowest BCUT2D eigenvalue weighted by atomic mass is 10.2. The first kappa shape index (κ1) is 22.3. The molecule has 0 bridgehead atoms. The summed E-state index contributed by atoms with van der Waals surface area (Å²) < 4.78 is 17.5. The number of carboxylic acid groups (broad SMARTS) is 2. The molecule has 0 aromatic rings. The van der Waals surface area contributed by atoms with E-state index in [-0.39, 0.29) is 0 Å². The standard InChI is InChI=1S/C4H6O6.2H3O3P/c5-1(3(7)8)2(6)4(9)10;2*1-4(2)3/h1-2,5-6H,(H,7,8)(H,9,10);2*4H,(H2,1,2,3). The molecule has 0 aliphatic rings. The first-order chi connectivity index (χ1) is 7.93. The Bertz CT molecular complexity index is 262. The molecular weight excluding hydrogens is 302 g/mol. The lowest BCUT2D eigenvalue weighted by molar-refractivity contribution is -0.165. The fourth-order valence-corrected chi connectivity index (χ4v) is 0.270. The number of carbonyl (C=O) groups is 2. The van der Waals surface area contributed by atoms with Gasteiger partial charge in [0.2, 0.25) is 0 Å². The van der Waals surface area contributed by atoms with Crippen LogP contribution in [0.2, 0.25) is 0 Å². The topological polar surface area (TPSA) is 230 Å². The number of rotatable bonds is 3. The molecule has 0 spiro atoms. The van der Waals surface area contributed by atoms with Crippen LogP contribution in [0.4, 0.5) is 0 Å². The van der Waals surface area contributed by atoms with Gasteiger partial charge in [0.05, 0.1) is 0 Å². The minimum atomic E-state index is -3.13. The Morgan fingerprint density at radius 2 is 0.833 bits per heavy atom. The Morgan fingerprint density at radius 3 is 0.889 bits per heavy atom. The number of carboxylic acids is 2. The van der Waals surface area contributed by atoms with Crippen LogP contribution in [-0.4, -0.2) is 64.1 Å². The van der Waals surface area contributed by atoms with E-state index in [2.05, 4.69) is 0 Å². The van der Waals surface area contributed by atoms with Gasteiger partial charge in [-0.2, -0.15) is 0 Å². The Labute approximate surface area is 100 Å². The van der Waals surface area contributed by atoms with E-state index in [0.29, 0.717) is 0 Å². The maximum absolute atomic E-state index is 9.77. The number of aliphatic hydroxyl groups excluding tert-OH is 2. The van der Waals surface area contributed by atoms with Crippen LogP contribution < -0.4 is 0 Å². The maximum Gasteiger partial charge on any atom is 0.335 e. The zero-order valence-corrected chi connectivity index (χ0v) is 10.4. The number of hydrogen-bond acceptors (Lipinski definition) is 6. The highest BCUT2D eigenvalue weighted by atomic mass is 31.1. The summed E-state index contributed by atoms with van der Waals surface area (Å²) in [6.07, 6.45) is -4.53. The molecule has 0 heterocycles. The minimum Gasteiger partial charge on any atom is -0.479 e. The second kappa shape index (κ2) is 12.6. The molecule has 0 radical (unpaired) electrons. The molecular formula is C4H12O12P2. The quantitative estimate of drug-likeness (QED) is 0.238. The zero-order valence-electron chi connectivity index (χ0n) is 8.37. The van der Waals surface area contributed by atoms with E-state index in [1.165, 1.54) is 0 Å². The molecule has 110 valence electrons. The van der Waals surface area contributed by atoms with E-state index in [0.717, 1.165) is 0 Å². The van der Waals surface area contributed by atoms with E-state index in [1.807, 2.05) is 0 Å². The van der Waals surface area contributed by atoms with Crippen molar-refractivity contribution in [3.8, 4) is 0 Å². The fraction of sp³-hybridized carbons (Fsp3) is 0.500. The normalized spacial score (nSPS) is 12.7. The summed E-state index contributed by atoms with van der Waals surface area (Å²) in [7, 11) is -6.26. The Balaban J connectivity index is -0.000000233. The summed E-state index contributed by atoms with van der Waals surface area (Å²) in [5, 5.41) is 32.5. The lowest BCUT2D eigenvalue weighted by Crippen LogP contribution is -2.39. The Morgan fingerprint density at radius 1 is 0.722 bits per heavy atom. The highest BCUT2D eigenvalue weighted by molar-refractivity contribution is 7.31. The van der Waals surface area contributed by atoms with Crippen LogP contribution in [0.3, 0.4) is 0 Å². The summed E-state index contributed by atoms with van der Waals surface area (Å²) in [5.74, 6) is -3.54. The summed E-state index contributed by atoms with van der Waals surface area (Å²) in [6.45, 7) is 0. The first-order valence-electron chi connectivity index (χ1n) is 3.59. The lowest BCUT2D eigenvalue weighted by Gasteiger charge is -2.07. The number of aliphatic hydroxyl groups is 2. The molecule has 0 aliphatic heterocycles. The summed E-state index contributed by atoms with van der Waals surface area (Å²) in [5.41, 5.74) is 0. The molecule has 0 aromatic heterocycles. The van der Waals surface area contributed by atoms with Crippen molar-refractivity contribution in [2.45, 2.75) is 12.2 Å². The Hall–Kier alpha value is -0.840. The molecule has 14 heteroatoms. The van der Waals surface area contributed by atoms with Gasteiger partial charge in [-0.15, -0.1) is 0 Å². The molecule has 0 aromatic carbocycles. The summed E-state index contributed by atoms with van der Waals surface area (Å²) in [6, 6.07) is 0. The fourth-order valence-electron chi connectivity index (χ4n) is 0.270. The largest absolute Gasteiger partial charge is 0.479 e. The van der Waals surface area contributed by atoms with Gasteiger partial charge in [0.1, 0.15) is 0 Å². The SMILES string of the molecule is O=C(O)C(O)C(O)C(=O)O.O=[PH](O)O.O=[PH](O)O. The summed E-state index contributed by atoms with van der Waals surface area (Å²) in [4.78, 5) is 48.2. The van der Waals surface area contributed by atoms with E-state index in [1.54, 1.807) is 0 Å². The van der Waals surface area contributed by atoms with Crippen molar-refractivity contribution >= 4 is 28.4 Å². The van der Waals surface area contributed by atoms with Gasteiger partial charge in [-0.05, 0) is 0 Å². The van der Waals surface area contributed by atoms with E-state index in [9.17, 15) is 9.59 Å². The predicted molar refractivity (Wildman–Crippen MR) is 54.2 cm³/mol. The van der Waals surface area contributed by atoms with E-state index >= 15 is 0 Å². The molecule has 0 amide bonds. The van der Waals surface area contributed by atoms with Crippen molar-refractivity contribution in [3.63, 3.8) is 0 Å². The highest BCUT2D eigenvalue weighted by Crippen LogP contribution is 1.99. The average molecular weight is 314 g/mol. The van der Waals surface area contributed by atoms with Crippen molar-refractivity contribution < 1.29 is 58.7 Å². The average Bonchev–Trinajstić information content (AvgIpc) is 2.13. The van der Waals surface area contributed by atoms with Crippen LogP contribution in [0.25, 0.3) is 0 Å². The maximum atomic E-state index is 9.77. The number of aliphatic carboxylic acids is 2. The Kier molecular flexibility index (Phi) is 15.7. The van der Waals surface area contributed by atoms with Gasteiger partial charge in [-0.1, -0.05) is 0 Å². The smallest absolute Gasteiger partial charge is 0.335 e. The summed E-state index contributed by atoms with van der Waals surface area (Å²) >= 11 is 0. The van der Waals surface area contributed by atoms with Crippen molar-refractivity contribution in [2.75, 3.05) is 0 Å². The van der Waals surface area contributed by atoms with Crippen LogP contribution in [-0.2, 0) is 18.7 Å². The van der Waals surface area contributed by atoms with Crippen molar-refractivity contribution in [1.82, 2.24) is 0 Å². The molecule has 2 unspecified atom stereocenters. The van der Waals surface area contributed by atoms with Crippen LogP contribution in [0, 0.1) is 0 Å². The van der Waals surface area contributed by atoms with Gasteiger partial charge in [0.25, 0.3) is 0 Å². The van der Waals surface area contributed by atoms with Gasteiger partial charge in [0, 0.05) is 0 Å². The minimum absolute atomic E-state index is 1.77. The van der Waals surface area contributed by atoms with Gasteiger partial charge < -0.3 is 40.0 Å². The van der Waals surface area contributed by atoms with Gasteiger partial charge in [-0.25, -0.2) is 9.59 Å². The van der Waals surface area contributed by atoms with Crippen LogP contribution >= 0.6 is 16.5 Å². The van der Waals surface area contributed by atoms with Gasteiger partial charge in [0.15, 0.2) is 12.2 Å². The van der Waals surface area contributed by atoms with Crippen molar-refractivity contribution in [1.29, 1.82) is 0 Å². The molecule has 18 heavy (non-hydrogen) atoms. The second-order valence-corrected chi connectivity index (χ2v) is 3.26. The van der Waals surface area contributed by atoms with E-state index in [4.69, 9.17) is 49.1 Å². The predicted octanol–water partition coefficient (Wildman–Crippen LogP) is -3.40. The molecule has 0 rings (SSSR count). The van der Waals surface area contributed by atoms with E-state index < -0.39 is 40.7 Å². The second-order valence-electron chi connectivity index (χ2n) is 2.13. The first-order valence-corrected chi connectivity index (χ1v) is 6.19. The van der Waals surface area contributed by atoms with Crippen LogP contribution in [0.5, 0.6) is 0 Å². The molecule has 0 saturated heterocycles. The third-order valence-corrected chi connectivity index (χ3v) is 0.805. The highest BCUT2D eigenvalue weighted by Gasteiger charge is 2.29. The van der Waals surface area contributed by atoms with Crippen molar-refractivity contribution in [2.24, 2.45) is 0 Å². The number of hydrogen-bond donors (Lipinski definition) is 8.